The predicted molar refractivity (Wildman–Crippen MR) is 77.1 cm³/mol. The minimum Gasteiger partial charge on any atom is -0.480 e. The smallest absolute Gasteiger partial charge is 0.328 e. The lowest BCUT2D eigenvalue weighted by Gasteiger charge is -2.17. The molecule has 1 aromatic heterocycles. The average Bonchev–Trinajstić information content (AvgIpc) is 2.82. The molecule has 6 nitrogen and oxygen atoms in total. The van der Waals surface area contributed by atoms with Crippen LogP contribution in [-0.4, -0.2) is 34.4 Å². The number of anilines is 1. The number of amides is 2. The molecule has 0 aliphatic carbocycles. The van der Waals surface area contributed by atoms with Crippen LogP contribution in [0.5, 0.6) is 0 Å². The molecule has 2 atom stereocenters. The lowest BCUT2D eigenvalue weighted by Crippen LogP contribution is -2.49. The number of aliphatic carboxylic acids is 1. The van der Waals surface area contributed by atoms with Crippen LogP contribution in [0.15, 0.2) is 29.6 Å². The first-order chi connectivity index (χ1) is 9.47. The van der Waals surface area contributed by atoms with E-state index in [0.29, 0.717) is 5.69 Å². The molecule has 0 aliphatic heterocycles. The third-order valence-electron chi connectivity index (χ3n) is 2.75. The van der Waals surface area contributed by atoms with Crippen LogP contribution in [0.1, 0.15) is 6.92 Å². The molecule has 2 amide bonds. The number of nitrogens with one attached hydrogen (secondary N) is 2. The maximum absolute atomic E-state index is 11.7. The van der Waals surface area contributed by atoms with Crippen molar-refractivity contribution in [2.24, 2.45) is 0 Å². The van der Waals surface area contributed by atoms with Crippen LogP contribution in [0.3, 0.4) is 0 Å². The first-order valence-corrected chi connectivity index (χ1v) is 6.81. The molecule has 0 bridgehead atoms. The SMILES string of the molecule is C[C@@H](O)[C@H](NC(=O)Nc1ccc2sccc2c1)C(=O)O. The third kappa shape index (κ3) is 3.25. The van der Waals surface area contributed by atoms with Crippen LogP contribution in [0, 0.1) is 0 Å². The highest BCUT2D eigenvalue weighted by Crippen LogP contribution is 2.23. The quantitative estimate of drug-likeness (QED) is 0.691. The zero-order valence-electron chi connectivity index (χ0n) is 10.7. The number of hydrogen-bond donors (Lipinski definition) is 4. The number of fused-ring (bicyclic) bond motifs is 1. The van der Waals surface area contributed by atoms with Gasteiger partial charge >= 0.3 is 12.0 Å². The highest BCUT2D eigenvalue weighted by molar-refractivity contribution is 7.17. The lowest BCUT2D eigenvalue weighted by molar-refractivity contribution is -0.141. The van der Waals surface area contributed by atoms with E-state index in [9.17, 15) is 14.7 Å². The van der Waals surface area contributed by atoms with Gasteiger partial charge in [-0.05, 0) is 42.0 Å². The Kier molecular flexibility index (Phi) is 4.21. The highest BCUT2D eigenvalue weighted by atomic mass is 32.1. The summed E-state index contributed by atoms with van der Waals surface area (Å²) in [6.45, 7) is 1.30. The van der Waals surface area contributed by atoms with Gasteiger partial charge in [-0.3, -0.25) is 0 Å². The summed E-state index contributed by atoms with van der Waals surface area (Å²) in [6.07, 6.45) is -1.18. The van der Waals surface area contributed by atoms with Gasteiger partial charge in [0.25, 0.3) is 0 Å². The number of thiophene rings is 1. The fourth-order valence-electron chi connectivity index (χ4n) is 1.74. The van der Waals surface area contributed by atoms with Crippen LogP contribution in [0.4, 0.5) is 10.5 Å². The van der Waals surface area contributed by atoms with E-state index in [1.807, 2.05) is 17.5 Å². The molecule has 20 heavy (non-hydrogen) atoms. The van der Waals surface area contributed by atoms with Gasteiger partial charge in [-0.25, -0.2) is 9.59 Å². The van der Waals surface area contributed by atoms with Crippen molar-refractivity contribution >= 4 is 39.1 Å². The van der Waals surface area contributed by atoms with Gasteiger partial charge in [0.05, 0.1) is 6.10 Å². The zero-order valence-corrected chi connectivity index (χ0v) is 11.5. The van der Waals surface area contributed by atoms with E-state index >= 15 is 0 Å². The van der Waals surface area contributed by atoms with Gasteiger partial charge in [0.15, 0.2) is 6.04 Å². The summed E-state index contributed by atoms with van der Waals surface area (Å²) < 4.78 is 1.10. The molecule has 0 unspecified atom stereocenters. The summed E-state index contributed by atoms with van der Waals surface area (Å²) in [5.41, 5.74) is 0.558. The van der Waals surface area contributed by atoms with Crippen molar-refractivity contribution in [1.29, 1.82) is 0 Å². The maximum Gasteiger partial charge on any atom is 0.328 e. The van der Waals surface area contributed by atoms with E-state index in [4.69, 9.17) is 5.11 Å². The second-order valence-electron chi connectivity index (χ2n) is 4.33. The largest absolute Gasteiger partial charge is 0.480 e. The molecule has 0 radical (unpaired) electrons. The minimum absolute atomic E-state index is 0.558. The number of aliphatic hydroxyl groups is 1. The second kappa shape index (κ2) is 5.89. The number of rotatable bonds is 4. The summed E-state index contributed by atoms with van der Waals surface area (Å²) >= 11 is 1.59. The molecule has 0 saturated heterocycles. The zero-order chi connectivity index (χ0) is 14.7. The van der Waals surface area contributed by atoms with E-state index in [0.717, 1.165) is 10.1 Å². The first kappa shape index (κ1) is 14.3. The number of benzene rings is 1. The molecule has 1 heterocycles. The molecule has 1 aromatic carbocycles. The van der Waals surface area contributed by atoms with Crippen LogP contribution in [0.25, 0.3) is 10.1 Å². The Morgan fingerprint density at radius 3 is 2.70 bits per heavy atom. The van der Waals surface area contributed by atoms with Crippen LogP contribution in [0.2, 0.25) is 0 Å². The number of carboxylic acids is 1. The minimum atomic E-state index is -1.35. The van der Waals surface area contributed by atoms with Gasteiger partial charge in [-0.15, -0.1) is 11.3 Å². The molecular weight excluding hydrogens is 280 g/mol. The third-order valence-corrected chi connectivity index (χ3v) is 3.64. The summed E-state index contributed by atoms with van der Waals surface area (Å²) in [5.74, 6) is -1.29. The Balaban J connectivity index is 2.05. The Morgan fingerprint density at radius 1 is 1.30 bits per heavy atom. The van der Waals surface area contributed by atoms with Crippen LogP contribution >= 0.6 is 11.3 Å². The van der Waals surface area contributed by atoms with E-state index in [2.05, 4.69) is 10.6 Å². The molecular formula is C13H14N2O4S. The van der Waals surface area contributed by atoms with Gasteiger partial charge in [0, 0.05) is 10.4 Å². The molecule has 4 N–H and O–H groups in total. The van der Waals surface area contributed by atoms with E-state index in [-0.39, 0.29) is 0 Å². The van der Waals surface area contributed by atoms with Gasteiger partial charge in [-0.2, -0.15) is 0 Å². The molecule has 0 saturated carbocycles. The predicted octanol–water partition coefficient (Wildman–Crippen LogP) is 1.86. The van der Waals surface area contributed by atoms with Crippen molar-refractivity contribution < 1.29 is 19.8 Å². The monoisotopic (exact) mass is 294 g/mol. The van der Waals surface area contributed by atoms with Gasteiger partial charge in [-0.1, -0.05) is 0 Å². The Labute approximate surface area is 119 Å². The van der Waals surface area contributed by atoms with Crippen molar-refractivity contribution in [2.75, 3.05) is 5.32 Å². The Morgan fingerprint density at radius 2 is 2.05 bits per heavy atom. The van der Waals surface area contributed by atoms with E-state index < -0.39 is 24.1 Å². The number of carbonyl (C=O) groups excluding carboxylic acids is 1. The fraction of sp³-hybridized carbons (Fsp3) is 0.231. The summed E-state index contributed by atoms with van der Waals surface area (Å²) in [4.78, 5) is 22.6. The van der Waals surface area contributed by atoms with Crippen molar-refractivity contribution in [2.45, 2.75) is 19.1 Å². The Bertz CT molecular complexity index is 638. The van der Waals surface area contributed by atoms with Gasteiger partial charge in [0.2, 0.25) is 0 Å². The average molecular weight is 294 g/mol. The molecule has 106 valence electrons. The van der Waals surface area contributed by atoms with Crippen molar-refractivity contribution in [3.8, 4) is 0 Å². The van der Waals surface area contributed by atoms with Crippen molar-refractivity contribution in [3.63, 3.8) is 0 Å². The highest BCUT2D eigenvalue weighted by Gasteiger charge is 2.24. The number of aliphatic hydroxyl groups excluding tert-OH is 1. The van der Waals surface area contributed by atoms with E-state index in [1.54, 1.807) is 23.5 Å². The lowest BCUT2D eigenvalue weighted by atomic mass is 10.2. The van der Waals surface area contributed by atoms with Crippen LogP contribution < -0.4 is 10.6 Å². The second-order valence-corrected chi connectivity index (χ2v) is 5.28. The summed E-state index contributed by atoms with van der Waals surface area (Å²) in [6, 6.07) is 5.31. The maximum atomic E-state index is 11.7. The molecule has 7 heteroatoms. The topological polar surface area (TPSA) is 98.7 Å². The summed E-state index contributed by atoms with van der Waals surface area (Å²) in [5, 5.41) is 25.9. The number of hydrogen-bond acceptors (Lipinski definition) is 4. The van der Waals surface area contributed by atoms with Crippen LogP contribution in [-0.2, 0) is 4.79 Å². The van der Waals surface area contributed by atoms with Crippen molar-refractivity contribution in [3.05, 3.63) is 29.6 Å². The standard InChI is InChI=1S/C13H14N2O4S/c1-7(16)11(12(17)18)15-13(19)14-9-2-3-10-8(6-9)4-5-20-10/h2-7,11,16H,1H3,(H,17,18)(H2,14,15,19)/t7-,11+/m1/s1. The van der Waals surface area contributed by atoms with E-state index in [1.165, 1.54) is 6.92 Å². The molecule has 0 aliphatic rings. The normalized spacial score (nSPS) is 13.7. The Hall–Kier alpha value is -2.12. The number of urea groups is 1. The molecule has 2 aromatic rings. The fourth-order valence-corrected chi connectivity index (χ4v) is 2.51. The number of carboxylic acid groups (broad SMARTS) is 1. The van der Waals surface area contributed by atoms with Gasteiger partial charge in [0.1, 0.15) is 0 Å². The molecule has 0 fully saturated rings. The van der Waals surface area contributed by atoms with Gasteiger partial charge < -0.3 is 20.8 Å². The first-order valence-electron chi connectivity index (χ1n) is 5.93. The molecule has 0 spiro atoms. The summed E-state index contributed by atoms with van der Waals surface area (Å²) in [7, 11) is 0. The molecule has 2 rings (SSSR count). The van der Waals surface area contributed by atoms with Crippen molar-refractivity contribution in [1.82, 2.24) is 5.32 Å². The number of carbonyl (C=O) groups is 2.